The van der Waals surface area contributed by atoms with E-state index in [0.29, 0.717) is 0 Å². The summed E-state index contributed by atoms with van der Waals surface area (Å²) < 4.78 is 0. The van der Waals surface area contributed by atoms with E-state index < -0.39 is 6.10 Å². The molecule has 2 aromatic rings. The van der Waals surface area contributed by atoms with Crippen LogP contribution in [0.15, 0.2) is 60.7 Å². The number of nitrogens with one attached hydrogen (secondary N) is 1. The molecule has 0 aliphatic carbocycles. The Morgan fingerprint density at radius 3 is 1.79 bits per heavy atom. The lowest BCUT2D eigenvalue weighted by Gasteiger charge is -2.28. The summed E-state index contributed by atoms with van der Waals surface area (Å²) in [5.41, 5.74) is 2.17. The van der Waals surface area contributed by atoms with Crippen molar-refractivity contribution < 1.29 is 5.11 Å². The maximum Gasteiger partial charge on any atom is 0.0833 e. The highest BCUT2D eigenvalue weighted by Crippen LogP contribution is 2.32. The molecule has 0 aliphatic heterocycles. The van der Waals surface area contributed by atoms with Gasteiger partial charge in [-0.25, -0.2) is 0 Å². The molecule has 0 heterocycles. The summed E-state index contributed by atoms with van der Waals surface area (Å²) in [5.74, 6) is 0.0924. The van der Waals surface area contributed by atoms with E-state index in [1.807, 2.05) is 55.6 Å². The Morgan fingerprint density at radius 2 is 1.32 bits per heavy atom. The van der Waals surface area contributed by atoms with Crippen LogP contribution in [0.5, 0.6) is 0 Å². The zero-order valence-corrected chi connectivity index (χ0v) is 11.5. The average molecular weight is 255 g/mol. The third kappa shape index (κ3) is 3.22. The van der Waals surface area contributed by atoms with E-state index in [1.54, 1.807) is 0 Å². The van der Waals surface area contributed by atoms with Crippen LogP contribution in [-0.4, -0.2) is 12.2 Å². The Hall–Kier alpha value is -1.64. The second-order valence-electron chi connectivity index (χ2n) is 4.89. The van der Waals surface area contributed by atoms with Gasteiger partial charge < -0.3 is 10.4 Å². The molecule has 0 unspecified atom stereocenters. The quantitative estimate of drug-likeness (QED) is 0.859. The third-order valence-electron chi connectivity index (χ3n) is 3.63. The van der Waals surface area contributed by atoms with Crippen LogP contribution in [0.2, 0.25) is 0 Å². The van der Waals surface area contributed by atoms with Gasteiger partial charge in [-0.05, 0) is 18.2 Å². The Balaban J connectivity index is 2.20. The van der Waals surface area contributed by atoms with Crippen LogP contribution >= 0.6 is 0 Å². The van der Waals surface area contributed by atoms with Crippen LogP contribution < -0.4 is 5.32 Å². The molecule has 0 bridgehead atoms. The van der Waals surface area contributed by atoms with Crippen LogP contribution in [0.3, 0.4) is 0 Å². The molecule has 0 aliphatic rings. The second kappa shape index (κ2) is 6.50. The number of hydrogen-bond donors (Lipinski definition) is 2. The molecule has 0 amide bonds. The lowest BCUT2D eigenvalue weighted by Crippen LogP contribution is -2.27. The molecule has 0 saturated carbocycles. The third-order valence-corrected chi connectivity index (χ3v) is 3.63. The summed E-state index contributed by atoms with van der Waals surface area (Å²) in [7, 11) is 1.94. The van der Waals surface area contributed by atoms with Gasteiger partial charge in [-0.15, -0.1) is 0 Å². The first-order valence-corrected chi connectivity index (χ1v) is 6.69. The highest BCUT2D eigenvalue weighted by atomic mass is 16.3. The maximum atomic E-state index is 10.5. The van der Waals surface area contributed by atoms with Crippen LogP contribution in [0.25, 0.3) is 0 Å². The molecule has 0 aromatic heterocycles. The number of hydrogen-bond acceptors (Lipinski definition) is 2. The Bertz CT molecular complexity index is 483. The van der Waals surface area contributed by atoms with Gasteiger partial charge in [0.15, 0.2) is 0 Å². The van der Waals surface area contributed by atoms with Crippen molar-refractivity contribution in [2.45, 2.75) is 19.1 Å². The van der Waals surface area contributed by atoms with Crippen molar-refractivity contribution in [2.24, 2.45) is 5.92 Å². The van der Waals surface area contributed by atoms with Crippen molar-refractivity contribution >= 4 is 0 Å². The molecule has 0 fully saturated rings. The minimum atomic E-state index is -0.473. The minimum absolute atomic E-state index is 0.0924. The van der Waals surface area contributed by atoms with E-state index in [4.69, 9.17) is 0 Å². The molecule has 100 valence electrons. The monoisotopic (exact) mass is 255 g/mol. The molecule has 2 aromatic carbocycles. The first kappa shape index (κ1) is 13.8. The molecule has 2 rings (SSSR count). The molecule has 2 nitrogen and oxygen atoms in total. The van der Waals surface area contributed by atoms with Gasteiger partial charge in [0.25, 0.3) is 0 Å². The molecule has 3 atom stereocenters. The zero-order chi connectivity index (χ0) is 13.7. The van der Waals surface area contributed by atoms with E-state index in [9.17, 15) is 5.11 Å². The van der Waals surface area contributed by atoms with Crippen molar-refractivity contribution in [1.82, 2.24) is 5.32 Å². The fourth-order valence-electron chi connectivity index (χ4n) is 2.53. The topological polar surface area (TPSA) is 32.3 Å². The van der Waals surface area contributed by atoms with Crippen LogP contribution in [0.4, 0.5) is 0 Å². The van der Waals surface area contributed by atoms with E-state index in [0.717, 1.165) is 5.56 Å². The average Bonchev–Trinajstić information content (AvgIpc) is 2.49. The largest absolute Gasteiger partial charge is 0.388 e. The smallest absolute Gasteiger partial charge is 0.0833 e. The van der Waals surface area contributed by atoms with Gasteiger partial charge in [0.1, 0.15) is 0 Å². The number of benzene rings is 2. The Kier molecular flexibility index (Phi) is 4.72. The van der Waals surface area contributed by atoms with Crippen molar-refractivity contribution in [2.75, 3.05) is 7.05 Å². The number of aliphatic hydroxyl groups excluding tert-OH is 1. The summed E-state index contributed by atoms with van der Waals surface area (Å²) >= 11 is 0. The first-order valence-electron chi connectivity index (χ1n) is 6.69. The standard InChI is InChI=1S/C17H21NO/c1-13(17(19)15-11-7-4-8-12-15)16(18-2)14-9-5-3-6-10-14/h3-13,16-19H,1-2H3/t13-,16+,17-/m1/s1. The fraction of sp³-hybridized carbons (Fsp3) is 0.294. The second-order valence-corrected chi connectivity index (χ2v) is 4.89. The van der Waals surface area contributed by atoms with Gasteiger partial charge in [0, 0.05) is 12.0 Å². The molecule has 0 saturated heterocycles. The van der Waals surface area contributed by atoms with Crippen LogP contribution in [0.1, 0.15) is 30.2 Å². The Morgan fingerprint density at radius 1 is 0.842 bits per heavy atom. The molecule has 0 spiro atoms. The van der Waals surface area contributed by atoms with Gasteiger partial charge in [-0.1, -0.05) is 67.6 Å². The lowest BCUT2D eigenvalue weighted by molar-refractivity contribution is 0.0956. The highest BCUT2D eigenvalue weighted by molar-refractivity contribution is 5.23. The Labute approximate surface area is 115 Å². The van der Waals surface area contributed by atoms with E-state index in [2.05, 4.69) is 24.4 Å². The van der Waals surface area contributed by atoms with Gasteiger partial charge in [-0.3, -0.25) is 0 Å². The van der Waals surface area contributed by atoms with Gasteiger partial charge >= 0.3 is 0 Å². The maximum absolute atomic E-state index is 10.5. The summed E-state index contributed by atoms with van der Waals surface area (Å²) in [4.78, 5) is 0. The summed E-state index contributed by atoms with van der Waals surface area (Å²) in [6.07, 6.45) is -0.473. The predicted octanol–water partition coefficient (Wildman–Crippen LogP) is 3.32. The van der Waals surface area contributed by atoms with Crippen LogP contribution in [0, 0.1) is 5.92 Å². The van der Waals surface area contributed by atoms with Crippen molar-refractivity contribution in [1.29, 1.82) is 0 Å². The molecule has 2 N–H and O–H groups in total. The predicted molar refractivity (Wildman–Crippen MR) is 78.8 cm³/mol. The van der Waals surface area contributed by atoms with E-state index in [-0.39, 0.29) is 12.0 Å². The zero-order valence-electron chi connectivity index (χ0n) is 11.5. The van der Waals surface area contributed by atoms with Gasteiger partial charge in [0.05, 0.1) is 6.10 Å². The number of rotatable bonds is 5. The van der Waals surface area contributed by atoms with Gasteiger partial charge in [0.2, 0.25) is 0 Å². The van der Waals surface area contributed by atoms with Gasteiger partial charge in [-0.2, -0.15) is 0 Å². The summed E-state index contributed by atoms with van der Waals surface area (Å²) in [6, 6.07) is 20.2. The highest BCUT2D eigenvalue weighted by Gasteiger charge is 2.25. The summed E-state index contributed by atoms with van der Waals surface area (Å²) in [5, 5.41) is 13.8. The van der Waals surface area contributed by atoms with E-state index in [1.165, 1.54) is 5.56 Å². The first-order chi connectivity index (χ1) is 9.24. The van der Waals surface area contributed by atoms with Crippen molar-refractivity contribution in [3.8, 4) is 0 Å². The molecule has 19 heavy (non-hydrogen) atoms. The van der Waals surface area contributed by atoms with E-state index >= 15 is 0 Å². The minimum Gasteiger partial charge on any atom is -0.388 e. The van der Waals surface area contributed by atoms with Crippen molar-refractivity contribution in [3.05, 3.63) is 71.8 Å². The molecule has 2 heteroatoms. The normalized spacial score (nSPS) is 15.7. The van der Waals surface area contributed by atoms with Crippen molar-refractivity contribution in [3.63, 3.8) is 0 Å². The summed E-state index contributed by atoms with van der Waals surface area (Å²) in [6.45, 7) is 2.08. The molecular weight excluding hydrogens is 234 g/mol. The SMILES string of the molecule is CN[C@H](c1ccccc1)[C@@H](C)[C@@H](O)c1ccccc1. The number of aliphatic hydroxyl groups is 1. The van der Waals surface area contributed by atoms with Crippen LogP contribution in [-0.2, 0) is 0 Å². The molecule has 0 radical (unpaired) electrons. The lowest BCUT2D eigenvalue weighted by atomic mass is 9.87. The fourth-order valence-corrected chi connectivity index (χ4v) is 2.53. The molecular formula is C17H21NO.